The zero-order valence-corrected chi connectivity index (χ0v) is 21.4. The average Bonchev–Trinajstić information content (AvgIpc) is 3.45. The van der Waals surface area contributed by atoms with Crippen LogP contribution >= 0.6 is 23.1 Å². The fourth-order valence-electron chi connectivity index (χ4n) is 2.69. The highest BCUT2D eigenvalue weighted by Gasteiger charge is 2.16. The van der Waals surface area contributed by atoms with E-state index in [-0.39, 0.29) is 22.0 Å². The minimum atomic E-state index is -3.84. The molecule has 0 aliphatic carbocycles. The molecule has 4 aromatic rings. The maximum absolute atomic E-state index is 11.4. The normalized spacial score (nSPS) is 12.4. The van der Waals surface area contributed by atoms with Gasteiger partial charge in [0.1, 0.15) is 23.0 Å². The molecule has 17 heteroatoms. The molecule has 0 saturated carbocycles. The molecule has 2 aromatic carbocycles. The predicted octanol–water partition coefficient (Wildman–Crippen LogP) is 5.91. The quantitative estimate of drug-likeness (QED) is 0.269. The Kier molecular flexibility index (Phi) is 7.25. The van der Waals surface area contributed by atoms with Crippen molar-refractivity contribution in [3.63, 3.8) is 0 Å². The molecule has 0 unspecified atom stereocenters. The summed E-state index contributed by atoms with van der Waals surface area (Å²) in [5.41, 5.74) is 1.25. The first-order chi connectivity index (χ1) is 17.1. The molecule has 0 aliphatic rings. The molecule has 36 heavy (non-hydrogen) atoms. The number of aromatic nitrogens is 4. The van der Waals surface area contributed by atoms with Crippen LogP contribution in [0.5, 0.6) is 5.75 Å². The summed E-state index contributed by atoms with van der Waals surface area (Å²) in [6.45, 7) is 5.15. The van der Waals surface area contributed by atoms with Gasteiger partial charge in [0, 0.05) is 28.6 Å². The van der Waals surface area contributed by atoms with Gasteiger partial charge in [-0.15, -0.1) is 25.6 Å². The lowest BCUT2D eigenvalue weighted by atomic mass is 10.1. The topological polar surface area (TPSA) is 206 Å². The molecule has 0 aliphatic heterocycles. The van der Waals surface area contributed by atoms with Crippen molar-refractivity contribution in [2.24, 2.45) is 35.8 Å². The molecule has 0 saturated heterocycles. The monoisotopic (exact) mass is 543 g/mol. The number of aryl methyl sites for hydroxylation is 2. The van der Waals surface area contributed by atoms with Crippen molar-refractivity contribution in [3.8, 4) is 5.75 Å². The molecule has 0 spiro atoms. The number of benzene rings is 2. The highest BCUT2D eigenvalue weighted by molar-refractivity contribution is 7.89. The third kappa shape index (κ3) is 6.00. The van der Waals surface area contributed by atoms with Gasteiger partial charge in [-0.3, -0.25) is 0 Å². The summed E-state index contributed by atoms with van der Waals surface area (Å²) in [5, 5.41) is 41.3. The molecule has 0 radical (unpaired) electrons. The van der Waals surface area contributed by atoms with Gasteiger partial charge in [-0.1, -0.05) is 0 Å². The standard InChI is InChI=1S/C19H17N11O3S3/c1-9-14(24-27-18-21-10(2)29-34-18)8-15(17(31)16(9)26-28-19-22-11(3)30-35-19)25-23-12-4-6-13(7-5-12)36(20,32)33/h4-8,31H,1-3H3,(H2,20,32,33)/b25-23+,27-24+,28-26+. The van der Waals surface area contributed by atoms with Gasteiger partial charge < -0.3 is 5.11 Å². The number of sulfonamides is 1. The smallest absolute Gasteiger partial charge is 0.249 e. The van der Waals surface area contributed by atoms with Crippen LogP contribution < -0.4 is 5.14 Å². The molecule has 14 nitrogen and oxygen atoms in total. The molecule has 0 fully saturated rings. The van der Waals surface area contributed by atoms with Gasteiger partial charge in [0.25, 0.3) is 0 Å². The Morgan fingerprint density at radius 1 is 0.806 bits per heavy atom. The van der Waals surface area contributed by atoms with Crippen molar-refractivity contribution >= 4 is 66.1 Å². The number of rotatable bonds is 7. The number of aromatic hydroxyl groups is 1. The number of hydrogen-bond acceptors (Lipinski definition) is 15. The highest BCUT2D eigenvalue weighted by atomic mass is 32.2. The zero-order chi connectivity index (χ0) is 25.9. The van der Waals surface area contributed by atoms with Crippen molar-refractivity contribution in [2.75, 3.05) is 0 Å². The molecule has 184 valence electrons. The number of phenolic OH excluding ortho intramolecular Hbond substituents is 1. The van der Waals surface area contributed by atoms with Gasteiger partial charge in [-0.2, -0.15) is 13.9 Å². The molecular formula is C19H17N11O3S3. The van der Waals surface area contributed by atoms with Gasteiger partial charge in [0.15, 0.2) is 5.75 Å². The van der Waals surface area contributed by atoms with E-state index in [0.29, 0.717) is 38.9 Å². The second kappa shape index (κ2) is 10.4. The van der Waals surface area contributed by atoms with E-state index in [2.05, 4.69) is 49.4 Å². The Labute approximate surface area is 212 Å². The van der Waals surface area contributed by atoms with E-state index in [1.165, 1.54) is 30.3 Å². The van der Waals surface area contributed by atoms with Crippen molar-refractivity contribution in [1.82, 2.24) is 18.7 Å². The number of nitrogens with two attached hydrogens (primary N) is 1. The van der Waals surface area contributed by atoms with Gasteiger partial charge in [0.2, 0.25) is 20.3 Å². The fourth-order valence-corrected chi connectivity index (χ4v) is 4.21. The summed E-state index contributed by atoms with van der Waals surface area (Å²) in [7, 11) is -3.84. The van der Waals surface area contributed by atoms with Crippen molar-refractivity contribution < 1.29 is 13.5 Å². The SMILES string of the molecule is Cc1nsc(/N=N/c2cc(/N=N/c3ccc(S(N)(=O)=O)cc3)c(O)c(/N=N/c3nc(C)ns3)c2C)n1. The average molecular weight is 544 g/mol. The Morgan fingerprint density at radius 3 is 1.89 bits per heavy atom. The van der Waals surface area contributed by atoms with Gasteiger partial charge in [0.05, 0.1) is 16.3 Å². The maximum atomic E-state index is 11.4. The van der Waals surface area contributed by atoms with E-state index in [1.807, 2.05) is 0 Å². The third-order valence-corrected chi connectivity index (χ3v) is 6.74. The van der Waals surface area contributed by atoms with Crippen molar-refractivity contribution in [2.45, 2.75) is 25.7 Å². The largest absolute Gasteiger partial charge is 0.504 e. The van der Waals surface area contributed by atoms with E-state index >= 15 is 0 Å². The highest BCUT2D eigenvalue weighted by Crippen LogP contribution is 2.45. The van der Waals surface area contributed by atoms with E-state index in [1.54, 1.807) is 20.8 Å². The van der Waals surface area contributed by atoms with Crippen LogP contribution in [0.15, 0.2) is 65.9 Å². The van der Waals surface area contributed by atoms with E-state index in [0.717, 1.165) is 23.1 Å². The number of hydrogen-bond donors (Lipinski definition) is 2. The van der Waals surface area contributed by atoms with Gasteiger partial charge in [-0.25, -0.2) is 23.5 Å². The van der Waals surface area contributed by atoms with Crippen LogP contribution in [-0.4, -0.2) is 32.2 Å². The molecule has 0 atom stereocenters. The van der Waals surface area contributed by atoms with Crippen molar-refractivity contribution in [3.05, 3.63) is 47.5 Å². The van der Waals surface area contributed by atoms with Crippen LogP contribution in [-0.2, 0) is 10.0 Å². The summed E-state index contributed by atoms with van der Waals surface area (Å²) in [6.07, 6.45) is 0. The minimum Gasteiger partial charge on any atom is -0.504 e. The molecular weight excluding hydrogens is 526 g/mol. The van der Waals surface area contributed by atoms with Crippen LogP contribution in [0.4, 0.5) is 33.0 Å². The number of phenols is 1. The summed E-state index contributed by atoms with van der Waals surface area (Å²) >= 11 is 2.14. The third-order valence-electron chi connectivity index (χ3n) is 4.43. The second-order valence-corrected chi connectivity index (χ2v) is 10.1. The zero-order valence-electron chi connectivity index (χ0n) is 18.9. The first-order valence-corrected chi connectivity index (χ1v) is 13.0. The Balaban J connectivity index is 1.74. The Bertz CT molecular complexity index is 1610. The van der Waals surface area contributed by atoms with E-state index < -0.39 is 10.0 Å². The number of azo groups is 3. The molecule has 2 heterocycles. The lowest BCUT2D eigenvalue weighted by Gasteiger charge is -2.08. The Morgan fingerprint density at radius 2 is 1.36 bits per heavy atom. The lowest BCUT2D eigenvalue weighted by Crippen LogP contribution is -2.11. The molecule has 4 rings (SSSR count). The number of primary sulfonamides is 1. The summed E-state index contributed by atoms with van der Waals surface area (Å²) in [5.74, 6) is 0.821. The first-order valence-electron chi connectivity index (χ1n) is 9.95. The van der Waals surface area contributed by atoms with Crippen LogP contribution in [0.1, 0.15) is 17.2 Å². The molecule has 0 amide bonds. The summed E-state index contributed by atoms with van der Waals surface area (Å²) < 4.78 is 31.0. The number of nitrogens with zero attached hydrogens (tertiary/aromatic N) is 10. The lowest BCUT2D eigenvalue weighted by molar-refractivity contribution is 0.477. The van der Waals surface area contributed by atoms with Crippen LogP contribution in [0.2, 0.25) is 0 Å². The van der Waals surface area contributed by atoms with Crippen LogP contribution in [0.3, 0.4) is 0 Å². The minimum absolute atomic E-state index is 0.0286. The van der Waals surface area contributed by atoms with Gasteiger partial charge >= 0.3 is 0 Å². The van der Waals surface area contributed by atoms with Crippen LogP contribution in [0, 0.1) is 20.8 Å². The van der Waals surface area contributed by atoms with E-state index in [9.17, 15) is 13.5 Å². The van der Waals surface area contributed by atoms with Crippen molar-refractivity contribution in [1.29, 1.82) is 0 Å². The van der Waals surface area contributed by atoms with Crippen LogP contribution in [0.25, 0.3) is 0 Å². The molecule has 2 aromatic heterocycles. The predicted molar refractivity (Wildman–Crippen MR) is 132 cm³/mol. The summed E-state index contributed by atoms with van der Waals surface area (Å²) in [4.78, 5) is 8.20. The molecule has 0 bridgehead atoms. The maximum Gasteiger partial charge on any atom is 0.249 e. The van der Waals surface area contributed by atoms with E-state index in [4.69, 9.17) is 5.14 Å². The first kappa shape index (κ1) is 25.2. The second-order valence-electron chi connectivity index (χ2n) is 7.12. The van der Waals surface area contributed by atoms with Gasteiger partial charge in [-0.05, 0) is 51.1 Å². The molecule has 3 N–H and O–H groups in total. The fraction of sp³-hybridized carbons (Fsp3) is 0.158. The summed E-state index contributed by atoms with van der Waals surface area (Å²) in [6, 6.07) is 6.91. The Hall–Kier alpha value is -3.93.